The Kier molecular flexibility index (Phi) is 6.11. The first-order chi connectivity index (χ1) is 26.2. The van der Waals surface area contributed by atoms with Crippen LogP contribution in [0, 0.1) is 19.8 Å². The van der Waals surface area contributed by atoms with Crippen LogP contribution in [0.1, 0.15) is 45.7 Å². The third-order valence-electron chi connectivity index (χ3n) is 9.18. The largest absolute Gasteiger partial charge is 0.437 e. The molecule has 9 aromatic rings. The van der Waals surface area contributed by atoms with Gasteiger partial charge in [0.15, 0.2) is 11.4 Å². The summed E-state index contributed by atoms with van der Waals surface area (Å²) in [7, 11) is 0. The first-order valence-corrected chi connectivity index (χ1v) is 16.1. The molecule has 0 amide bonds. The van der Waals surface area contributed by atoms with Gasteiger partial charge in [0.2, 0.25) is 5.71 Å². The molecule has 0 bridgehead atoms. The topological polar surface area (TPSA) is 61.2 Å². The van der Waals surface area contributed by atoms with Crippen molar-refractivity contribution in [2.75, 3.05) is 0 Å². The van der Waals surface area contributed by atoms with Crippen molar-refractivity contribution in [2.45, 2.75) is 39.9 Å². The molecule has 0 fully saturated rings. The Labute approximate surface area is 313 Å². The van der Waals surface area contributed by atoms with Gasteiger partial charge in [0.25, 0.3) is 0 Å². The first kappa shape index (κ1) is 25.6. The Balaban J connectivity index is 0.00000441. The summed E-state index contributed by atoms with van der Waals surface area (Å²) in [5.41, 5.74) is 7.51. The SMILES string of the molecule is [2H]C([2H])([2H])c1cccc(C([2H])([2H])[2H])c1-c1ccnc(-c2[c-]c3c(cc2)c2ccccc2n3-c2cccc(-c3ncc4oc5cc(C(C)(C)C)ccc5n34)n2)c1.[Pt]. The van der Waals surface area contributed by atoms with Crippen molar-refractivity contribution in [3.05, 3.63) is 138 Å². The zero-order valence-corrected chi connectivity index (χ0v) is 29.7. The summed E-state index contributed by atoms with van der Waals surface area (Å²) in [6.45, 7) is 1.46. The van der Waals surface area contributed by atoms with E-state index in [2.05, 4.69) is 60.7 Å². The zero-order valence-electron chi connectivity index (χ0n) is 33.4. The molecule has 0 atom stereocenters. The van der Waals surface area contributed by atoms with Gasteiger partial charge in [-0.05, 0) is 99.9 Å². The van der Waals surface area contributed by atoms with Crippen molar-refractivity contribution < 1.29 is 33.7 Å². The van der Waals surface area contributed by atoms with Crippen molar-refractivity contribution in [3.63, 3.8) is 0 Å². The molecule has 0 aliphatic heterocycles. The van der Waals surface area contributed by atoms with E-state index in [1.807, 2.05) is 52.9 Å². The molecule has 0 aliphatic rings. The van der Waals surface area contributed by atoms with Crippen LogP contribution in [0.5, 0.6) is 0 Å². The molecule has 0 saturated heterocycles. The number of para-hydroxylation sites is 1. The van der Waals surface area contributed by atoms with Crippen molar-refractivity contribution >= 4 is 38.6 Å². The van der Waals surface area contributed by atoms with E-state index in [0.29, 0.717) is 39.9 Å². The molecule has 0 N–H and O–H groups in total. The Bertz CT molecular complexity index is 2940. The van der Waals surface area contributed by atoms with Crippen LogP contribution in [-0.4, -0.2) is 23.9 Å². The second kappa shape index (κ2) is 11.9. The van der Waals surface area contributed by atoms with Crippen LogP contribution in [0.2, 0.25) is 0 Å². The molecule has 9 rings (SSSR count). The predicted molar refractivity (Wildman–Crippen MR) is 198 cm³/mol. The number of imidazole rings is 1. The monoisotopic (exact) mass is 837 g/mol. The van der Waals surface area contributed by atoms with Crippen LogP contribution in [0.25, 0.3) is 78.3 Å². The first-order valence-electron chi connectivity index (χ1n) is 19.1. The summed E-state index contributed by atoms with van der Waals surface area (Å²) in [5, 5.41) is 1.97. The molecular weight excluding hydrogens is 798 g/mol. The van der Waals surface area contributed by atoms with E-state index in [1.165, 1.54) is 23.8 Å². The number of aryl methyl sites for hydroxylation is 2. The maximum atomic E-state index is 8.20. The summed E-state index contributed by atoms with van der Waals surface area (Å²) >= 11 is 0. The number of benzene rings is 4. The van der Waals surface area contributed by atoms with Gasteiger partial charge in [0, 0.05) is 41.0 Å². The van der Waals surface area contributed by atoms with Crippen molar-refractivity contribution in [3.8, 4) is 39.7 Å². The smallest absolute Gasteiger partial charge is 0.225 e. The number of oxazole rings is 1. The number of hydrogen-bond acceptors (Lipinski definition) is 4. The van der Waals surface area contributed by atoms with Gasteiger partial charge in [-0.25, -0.2) is 9.97 Å². The molecule has 7 heteroatoms. The molecule has 5 aromatic heterocycles. The third-order valence-corrected chi connectivity index (χ3v) is 9.18. The normalized spacial score (nSPS) is 14.2. The molecule has 0 saturated carbocycles. The standard InChI is InChI=1S/C43H34N5O.Pt/c1-26-10-8-11-27(2)41(26)29-20-21-44-34(22-29)28-16-18-32-31-12-6-7-14-35(31)47(37(32)23-28)39-15-9-13-33(46-39)42-45-25-40-48(42)36-19-17-30(43(3,4)5)24-38(36)49-40;/h6-22,24-25H,1-5H3;/q-1;/i1D3,2D3;. The van der Waals surface area contributed by atoms with E-state index in [9.17, 15) is 0 Å². The molecule has 0 unspecified atom stereocenters. The van der Waals surface area contributed by atoms with E-state index >= 15 is 0 Å². The van der Waals surface area contributed by atoms with Crippen molar-refractivity contribution in [1.82, 2.24) is 23.9 Å². The van der Waals surface area contributed by atoms with E-state index in [-0.39, 0.29) is 43.2 Å². The van der Waals surface area contributed by atoms with Gasteiger partial charge in [0.1, 0.15) is 11.5 Å². The Hall–Kier alpha value is -5.32. The van der Waals surface area contributed by atoms with Gasteiger partial charge >= 0.3 is 0 Å². The van der Waals surface area contributed by atoms with E-state index < -0.39 is 13.7 Å². The second-order valence-electron chi connectivity index (χ2n) is 13.3. The minimum Gasteiger partial charge on any atom is -0.437 e. The fourth-order valence-electron chi connectivity index (χ4n) is 6.73. The summed E-state index contributed by atoms with van der Waals surface area (Å²) in [6.07, 6.45) is 3.29. The van der Waals surface area contributed by atoms with Gasteiger partial charge < -0.3 is 14.0 Å². The summed E-state index contributed by atoms with van der Waals surface area (Å²) in [4.78, 5) is 14.5. The van der Waals surface area contributed by atoms with Gasteiger partial charge in [-0.1, -0.05) is 80.8 Å². The van der Waals surface area contributed by atoms with Crippen molar-refractivity contribution in [1.29, 1.82) is 0 Å². The van der Waals surface area contributed by atoms with Crippen LogP contribution in [-0.2, 0) is 26.5 Å². The van der Waals surface area contributed by atoms with Crippen LogP contribution >= 0.6 is 0 Å². The summed E-state index contributed by atoms with van der Waals surface area (Å²) in [5.74, 6) is 1.31. The molecule has 6 nitrogen and oxygen atoms in total. The molecule has 0 spiro atoms. The molecular formula is C43H34N5OPt-. The number of aromatic nitrogens is 5. The number of pyridine rings is 2. The molecule has 248 valence electrons. The maximum Gasteiger partial charge on any atom is 0.225 e. The Morgan fingerprint density at radius 2 is 1.58 bits per heavy atom. The average Bonchev–Trinajstić information content (AvgIpc) is 3.83. The Morgan fingerprint density at radius 3 is 2.40 bits per heavy atom. The quantitative estimate of drug-likeness (QED) is 0.166. The molecule has 50 heavy (non-hydrogen) atoms. The fraction of sp³-hybridized carbons (Fsp3) is 0.140. The van der Waals surface area contributed by atoms with Crippen LogP contribution in [0.15, 0.2) is 120 Å². The van der Waals surface area contributed by atoms with Gasteiger partial charge in [0.05, 0.1) is 11.7 Å². The minimum absolute atomic E-state index is 0. The molecule has 5 heterocycles. The van der Waals surface area contributed by atoms with Crippen LogP contribution in [0.3, 0.4) is 0 Å². The summed E-state index contributed by atoms with van der Waals surface area (Å²) in [6, 6.07) is 35.5. The second-order valence-corrected chi connectivity index (χ2v) is 13.3. The molecule has 0 radical (unpaired) electrons. The van der Waals surface area contributed by atoms with E-state index in [1.54, 1.807) is 24.5 Å². The minimum atomic E-state index is -2.53. The number of rotatable bonds is 4. The van der Waals surface area contributed by atoms with Gasteiger partial charge in [-0.3, -0.25) is 4.40 Å². The molecule has 4 aromatic carbocycles. The van der Waals surface area contributed by atoms with Crippen LogP contribution in [0.4, 0.5) is 0 Å². The van der Waals surface area contributed by atoms with Crippen molar-refractivity contribution in [2.24, 2.45) is 0 Å². The summed E-state index contributed by atoms with van der Waals surface area (Å²) < 4.78 is 59.5. The zero-order chi connectivity index (χ0) is 38.4. The third kappa shape index (κ3) is 5.09. The predicted octanol–water partition coefficient (Wildman–Crippen LogP) is 10.7. The Morgan fingerprint density at radius 1 is 0.760 bits per heavy atom. The van der Waals surface area contributed by atoms with E-state index in [4.69, 9.17) is 22.6 Å². The number of hydrogen-bond donors (Lipinski definition) is 0. The fourth-order valence-corrected chi connectivity index (χ4v) is 6.73. The van der Waals surface area contributed by atoms with Gasteiger partial charge in [-0.15, -0.1) is 23.8 Å². The average molecular weight is 838 g/mol. The number of fused-ring (bicyclic) bond motifs is 6. The molecule has 0 aliphatic carbocycles. The van der Waals surface area contributed by atoms with E-state index in [0.717, 1.165) is 32.9 Å². The van der Waals surface area contributed by atoms with Crippen LogP contribution < -0.4 is 0 Å². The number of nitrogens with zero attached hydrogens (tertiary/aromatic N) is 5. The maximum absolute atomic E-state index is 8.20. The van der Waals surface area contributed by atoms with Gasteiger partial charge in [-0.2, -0.15) is 0 Å².